The molecule has 0 radical (unpaired) electrons. The van der Waals surface area contributed by atoms with Crippen molar-refractivity contribution >= 4 is 11.5 Å². The van der Waals surface area contributed by atoms with E-state index in [1.165, 1.54) is 12.3 Å². The molecule has 0 aromatic carbocycles. The van der Waals surface area contributed by atoms with Crippen molar-refractivity contribution in [1.29, 1.82) is 0 Å². The zero-order valence-electron chi connectivity index (χ0n) is 9.75. The maximum atomic E-state index is 10.8. The fourth-order valence-corrected chi connectivity index (χ4v) is 1.21. The van der Waals surface area contributed by atoms with E-state index in [-0.39, 0.29) is 18.1 Å². The van der Waals surface area contributed by atoms with Crippen LogP contribution in [0.5, 0.6) is 0 Å². The highest BCUT2D eigenvalue weighted by Gasteiger charge is 2.17. The van der Waals surface area contributed by atoms with Crippen LogP contribution in [0.15, 0.2) is 12.3 Å². The smallest absolute Gasteiger partial charge is 0.311 e. The SMILES string of the molecule is Cc1cnc(NCC(N)C(C)O)c([N+](=O)[O-])c1. The number of anilines is 1. The predicted molar refractivity (Wildman–Crippen MR) is 63.8 cm³/mol. The molecule has 4 N–H and O–H groups in total. The van der Waals surface area contributed by atoms with Gasteiger partial charge in [-0.05, 0) is 19.4 Å². The second-order valence-electron chi connectivity index (χ2n) is 3.92. The van der Waals surface area contributed by atoms with Gasteiger partial charge in [-0.2, -0.15) is 0 Å². The first-order valence-corrected chi connectivity index (χ1v) is 5.20. The Morgan fingerprint density at radius 3 is 2.88 bits per heavy atom. The van der Waals surface area contributed by atoms with Crippen LogP contribution in [0, 0.1) is 17.0 Å². The molecule has 0 bridgehead atoms. The molecule has 7 heteroatoms. The Morgan fingerprint density at radius 2 is 2.35 bits per heavy atom. The van der Waals surface area contributed by atoms with E-state index in [2.05, 4.69) is 10.3 Å². The number of nitrogens with two attached hydrogens (primary N) is 1. The van der Waals surface area contributed by atoms with Crippen LogP contribution in [0.25, 0.3) is 0 Å². The van der Waals surface area contributed by atoms with Crippen LogP contribution in [0.2, 0.25) is 0 Å². The lowest BCUT2D eigenvalue weighted by Crippen LogP contribution is -2.38. The molecule has 0 aliphatic rings. The zero-order valence-corrected chi connectivity index (χ0v) is 9.75. The van der Waals surface area contributed by atoms with E-state index in [0.29, 0.717) is 5.56 Å². The second kappa shape index (κ2) is 5.55. The monoisotopic (exact) mass is 240 g/mol. The van der Waals surface area contributed by atoms with Gasteiger partial charge in [0.1, 0.15) is 0 Å². The minimum Gasteiger partial charge on any atom is -0.392 e. The third-order valence-corrected chi connectivity index (χ3v) is 2.33. The van der Waals surface area contributed by atoms with E-state index in [0.717, 1.165) is 0 Å². The van der Waals surface area contributed by atoms with Gasteiger partial charge in [-0.3, -0.25) is 10.1 Å². The van der Waals surface area contributed by atoms with Crippen molar-refractivity contribution in [3.05, 3.63) is 27.9 Å². The summed E-state index contributed by atoms with van der Waals surface area (Å²) >= 11 is 0. The molecule has 0 fully saturated rings. The summed E-state index contributed by atoms with van der Waals surface area (Å²) in [6, 6.07) is 0.932. The fraction of sp³-hybridized carbons (Fsp3) is 0.500. The molecule has 1 aromatic heterocycles. The van der Waals surface area contributed by atoms with E-state index in [9.17, 15) is 15.2 Å². The molecule has 1 aromatic rings. The van der Waals surface area contributed by atoms with Gasteiger partial charge in [0.05, 0.1) is 11.0 Å². The summed E-state index contributed by atoms with van der Waals surface area (Å²) in [7, 11) is 0. The molecule has 94 valence electrons. The third kappa shape index (κ3) is 3.65. The molecule has 0 aliphatic carbocycles. The van der Waals surface area contributed by atoms with Crippen molar-refractivity contribution in [2.24, 2.45) is 5.73 Å². The largest absolute Gasteiger partial charge is 0.392 e. The number of aliphatic hydroxyl groups excluding tert-OH is 1. The predicted octanol–water partition coefficient (Wildman–Crippen LogP) is 0.418. The molecule has 0 spiro atoms. The highest BCUT2D eigenvalue weighted by atomic mass is 16.6. The molecule has 2 unspecified atom stereocenters. The Hall–Kier alpha value is -1.73. The summed E-state index contributed by atoms with van der Waals surface area (Å²) in [6.45, 7) is 3.50. The minimum absolute atomic E-state index is 0.0946. The lowest BCUT2D eigenvalue weighted by molar-refractivity contribution is -0.384. The van der Waals surface area contributed by atoms with Gasteiger partial charge in [-0.25, -0.2) is 4.98 Å². The summed E-state index contributed by atoms with van der Waals surface area (Å²) < 4.78 is 0. The topological polar surface area (TPSA) is 114 Å². The number of aromatic nitrogens is 1. The first kappa shape index (κ1) is 13.3. The van der Waals surface area contributed by atoms with Crippen LogP contribution in [0.3, 0.4) is 0 Å². The van der Waals surface area contributed by atoms with Gasteiger partial charge in [-0.1, -0.05) is 0 Å². The van der Waals surface area contributed by atoms with E-state index in [1.54, 1.807) is 13.8 Å². The van der Waals surface area contributed by atoms with E-state index >= 15 is 0 Å². The molecule has 1 heterocycles. The Balaban J connectivity index is 2.80. The van der Waals surface area contributed by atoms with Crippen molar-refractivity contribution in [3.63, 3.8) is 0 Å². The van der Waals surface area contributed by atoms with Crippen LogP contribution in [0.4, 0.5) is 11.5 Å². The number of nitrogens with zero attached hydrogens (tertiary/aromatic N) is 2. The maximum absolute atomic E-state index is 10.8. The summed E-state index contributed by atoms with van der Waals surface area (Å²) in [5.74, 6) is 0.164. The number of hydrogen-bond donors (Lipinski definition) is 3. The van der Waals surface area contributed by atoms with E-state index in [4.69, 9.17) is 5.73 Å². The third-order valence-electron chi connectivity index (χ3n) is 2.33. The molecule has 0 saturated carbocycles. The Labute approximate surface area is 98.8 Å². The second-order valence-corrected chi connectivity index (χ2v) is 3.92. The molecule has 0 saturated heterocycles. The van der Waals surface area contributed by atoms with Gasteiger partial charge < -0.3 is 16.2 Å². The highest BCUT2D eigenvalue weighted by molar-refractivity contribution is 5.56. The van der Waals surface area contributed by atoms with Crippen LogP contribution >= 0.6 is 0 Å². The Kier molecular flexibility index (Phi) is 4.36. The van der Waals surface area contributed by atoms with Gasteiger partial charge in [-0.15, -0.1) is 0 Å². The van der Waals surface area contributed by atoms with Crippen LogP contribution in [-0.2, 0) is 0 Å². The molecule has 17 heavy (non-hydrogen) atoms. The first-order chi connectivity index (χ1) is 7.91. The molecule has 2 atom stereocenters. The minimum atomic E-state index is -0.688. The number of rotatable bonds is 5. The van der Waals surface area contributed by atoms with E-state index in [1.807, 2.05) is 0 Å². The van der Waals surface area contributed by atoms with Gasteiger partial charge in [0.15, 0.2) is 0 Å². The van der Waals surface area contributed by atoms with Crippen molar-refractivity contribution in [1.82, 2.24) is 4.98 Å². The lowest BCUT2D eigenvalue weighted by Gasteiger charge is -2.15. The average molecular weight is 240 g/mol. The average Bonchev–Trinajstić information content (AvgIpc) is 2.26. The standard InChI is InChI=1S/C10H16N4O3/c1-6-3-9(14(16)17)10(12-4-6)13-5-8(11)7(2)15/h3-4,7-8,15H,5,11H2,1-2H3,(H,12,13). The van der Waals surface area contributed by atoms with Crippen LogP contribution in [-0.4, -0.2) is 33.7 Å². The fourth-order valence-electron chi connectivity index (χ4n) is 1.21. The van der Waals surface area contributed by atoms with E-state index < -0.39 is 17.1 Å². The maximum Gasteiger partial charge on any atom is 0.311 e. The number of aliphatic hydroxyl groups is 1. The van der Waals surface area contributed by atoms with Crippen LogP contribution < -0.4 is 11.1 Å². The molecular formula is C10H16N4O3. The van der Waals surface area contributed by atoms with Gasteiger partial charge >= 0.3 is 5.69 Å². The highest BCUT2D eigenvalue weighted by Crippen LogP contribution is 2.22. The number of hydrogen-bond acceptors (Lipinski definition) is 6. The van der Waals surface area contributed by atoms with Crippen molar-refractivity contribution in [3.8, 4) is 0 Å². The number of nitro groups is 1. The van der Waals surface area contributed by atoms with Crippen LogP contribution in [0.1, 0.15) is 12.5 Å². The van der Waals surface area contributed by atoms with Crippen molar-refractivity contribution in [2.45, 2.75) is 26.0 Å². The molecule has 0 amide bonds. The first-order valence-electron chi connectivity index (χ1n) is 5.20. The molecule has 0 aliphatic heterocycles. The van der Waals surface area contributed by atoms with Gasteiger partial charge in [0.25, 0.3) is 0 Å². The normalized spacial score (nSPS) is 14.1. The molecular weight excluding hydrogens is 224 g/mol. The number of aryl methyl sites for hydroxylation is 1. The lowest BCUT2D eigenvalue weighted by atomic mass is 10.2. The quantitative estimate of drug-likeness (QED) is 0.507. The molecule has 7 nitrogen and oxygen atoms in total. The zero-order chi connectivity index (χ0) is 13.0. The number of nitrogens with one attached hydrogen (secondary N) is 1. The molecule has 1 rings (SSSR count). The van der Waals surface area contributed by atoms with Gasteiger partial charge in [0, 0.05) is 24.8 Å². The Bertz CT molecular complexity index is 409. The van der Waals surface area contributed by atoms with Crippen molar-refractivity contribution < 1.29 is 10.0 Å². The summed E-state index contributed by atoms with van der Waals surface area (Å²) in [4.78, 5) is 14.2. The van der Waals surface area contributed by atoms with Crippen molar-refractivity contribution in [2.75, 3.05) is 11.9 Å². The summed E-state index contributed by atoms with van der Waals surface area (Å²) in [6.07, 6.45) is 0.843. The summed E-state index contributed by atoms with van der Waals surface area (Å²) in [5, 5.41) is 22.8. The number of pyridine rings is 1. The van der Waals surface area contributed by atoms with Gasteiger partial charge in [0.2, 0.25) is 5.82 Å². The summed E-state index contributed by atoms with van der Waals surface area (Å²) in [5.41, 5.74) is 6.23. The Morgan fingerprint density at radius 1 is 1.71 bits per heavy atom.